The Kier molecular flexibility index (Phi) is 5.71. The highest BCUT2D eigenvalue weighted by molar-refractivity contribution is 5.80. The van der Waals surface area contributed by atoms with Crippen LogP contribution in [-0.4, -0.2) is 18.0 Å². The third kappa shape index (κ3) is 7.23. The highest BCUT2D eigenvalue weighted by atomic mass is 16.1. The molecule has 0 aliphatic carbocycles. The van der Waals surface area contributed by atoms with Crippen molar-refractivity contribution in [2.45, 2.75) is 46.1 Å². The number of nitrogens with zero attached hydrogens (tertiary/aromatic N) is 1. The summed E-state index contributed by atoms with van der Waals surface area (Å²) in [6.45, 7) is 5.94. The predicted octanol–water partition coefficient (Wildman–Crippen LogP) is 2.22. The molecule has 2 nitrogen and oxygen atoms in total. The number of Topliss-reactive ketones (excluding diaryl/α,β-unsaturated/α-hetero) is 1. The van der Waals surface area contributed by atoms with Gasteiger partial charge < -0.3 is 0 Å². The van der Waals surface area contributed by atoms with Gasteiger partial charge in [0, 0.05) is 18.9 Å². The Morgan fingerprint density at radius 2 is 2.18 bits per heavy atom. The molecule has 0 fully saturated rings. The standard InChI is InChI=1S/C9H17NO/c1-4-9(11)6-5-7-10-8(2)3/h7-8H,4-6H2,1-3H3. The van der Waals surface area contributed by atoms with E-state index in [4.69, 9.17) is 0 Å². The Morgan fingerprint density at radius 3 is 2.64 bits per heavy atom. The van der Waals surface area contributed by atoms with Crippen LogP contribution in [-0.2, 0) is 4.79 Å². The average Bonchev–Trinajstić information content (AvgIpc) is 1.97. The SMILES string of the molecule is CCC(=O)CCC=NC(C)C. The average molecular weight is 155 g/mol. The number of hydrogen-bond donors (Lipinski definition) is 0. The van der Waals surface area contributed by atoms with Gasteiger partial charge in [0.05, 0.1) is 0 Å². The number of aliphatic imine (C=N–C) groups is 1. The van der Waals surface area contributed by atoms with Crippen LogP contribution in [0, 0.1) is 0 Å². The number of rotatable bonds is 5. The van der Waals surface area contributed by atoms with Crippen LogP contribution in [0.3, 0.4) is 0 Å². The van der Waals surface area contributed by atoms with Crippen molar-refractivity contribution in [2.75, 3.05) is 0 Å². The van der Waals surface area contributed by atoms with Crippen LogP contribution in [0.4, 0.5) is 0 Å². The van der Waals surface area contributed by atoms with Crippen molar-refractivity contribution in [2.24, 2.45) is 4.99 Å². The summed E-state index contributed by atoms with van der Waals surface area (Å²) in [6.07, 6.45) is 3.94. The molecule has 64 valence electrons. The molecular weight excluding hydrogens is 138 g/mol. The third-order valence-corrected chi connectivity index (χ3v) is 1.35. The second-order valence-corrected chi connectivity index (χ2v) is 2.86. The monoisotopic (exact) mass is 155 g/mol. The first-order valence-corrected chi connectivity index (χ1v) is 4.20. The maximum Gasteiger partial charge on any atom is 0.133 e. The number of hydrogen-bond acceptors (Lipinski definition) is 2. The Hall–Kier alpha value is -0.660. The fraction of sp³-hybridized carbons (Fsp3) is 0.778. The van der Waals surface area contributed by atoms with Crippen molar-refractivity contribution >= 4 is 12.0 Å². The third-order valence-electron chi connectivity index (χ3n) is 1.35. The molecule has 0 heterocycles. The smallest absolute Gasteiger partial charge is 0.133 e. The predicted molar refractivity (Wildman–Crippen MR) is 48.2 cm³/mol. The van der Waals surface area contributed by atoms with E-state index in [9.17, 15) is 4.79 Å². The van der Waals surface area contributed by atoms with Gasteiger partial charge in [0.25, 0.3) is 0 Å². The molecule has 0 amide bonds. The molecule has 0 spiro atoms. The number of ketones is 1. The Bertz CT molecular complexity index is 138. The van der Waals surface area contributed by atoms with Gasteiger partial charge in [-0.25, -0.2) is 0 Å². The molecule has 0 saturated carbocycles. The summed E-state index contributed by atoms with van der Waals surface area (Å²) >= 11 is 0. The second-order valence-electron chi connectivity index (χ2n) is 2.86. The minimum Gasteiger partial charge on any atom is -0.300 e. The minimum atomic E-state index is 0.320. The van der Waals surface area contributed by atoms with Crippen molar-refractivity contribution in [1.29, 1.82) is 0 Å². The summed E-state index contributed by atoms with van der Waals surface area (Å²) in [4.78, 5) is 14.9. The number of carbonyl (C=O) groups excluding carboxylic acids is 1. The van der Waals surface area contributed by atoms with Crippen molar-refractivity contribution in [3.63, 3.8) is 0 Å². The molecule has 0 rings (SSSR count). The molecule has 0 N–H and O–H groups in total. The van der Waals surface area contributed by atoms with E-state index in [0.29, 0.717) is 24.7 Å². The van der Waals surface area contributed by atoms with Gasteiger partial charge in [-0.1, -0.05) is 6.92 Å². The quantitative estimate of drug-likeness (QED) is 0.560. The summed E-state index contributed by atoms with van der Waals surface area (Å²) in [6, 6.07) is 0.353. The summed E-state index contributed by atoms with van der Waals surface area (Å²) < 4.78 is 0. The molecule has 0 radical (unpaired) electrons. The highest BCUT2D eigenvalue weighted by Crippen LogP contribution is 1.93. The van der Waals surface area contributed by atoms with E-state index < -0.39 is 0 Å². The zero-order chi connectivity index (χ0) is 8.69. The van der Waals surface area contributed by atoms with Crippen LogP contribution < -0.4 is 0 Å². The molecule has 0 saturated heterocycles. The van der Waals surface area contributed by atoms with Crippen molar-refractivity contribution in [3.05, 3.63) is 0 Å². The second kappa shape index (κ2) is 6.08. The Balaban J connectivity index is 3.34. The van der Waals surface area contributed by atoms with Crippen molar-refractivity contribution in [1.82, 2.24) is 0 Å². The van der Waals surface area contributed by atoms with Gasteiger partial charge >= 0.3 is 0 Å². The van der Waals surface area contributed by atoms with E-state index in [-0.39, 0.29) is 0 Å². The zero-order valence-corrected chi connectivity index (χ0v) is 7.63. The van der Waals surface area contributed by atoms with Crippen LogP contribution >= 0.6 is 0 Å². The lowest BCUT2D eigenvalue weighted by atomic mass is 10.2. The molecule has 0 aliphatic rings. The van der Waals surface area contributed by atoms with E-state index in [1.807, 2.05) is 27.0 Å². The number of carbonyl (C=O) groups is 1. The lowest BCUT2D eigenvalue weighted by Gasteiger charge is -1.94. The lowest BCUT2D eigenvalue weighted by Crippen LogP contribution is -1.96. The van der Waals surface area contributed by atoms with Crippen molar-refractivity contribution in [3.8, 4) is 0 Å². The molecule has 2 heteroatoms. The fourth-order valence-electron chi connectivity index (χ4n) is 0.688. The van der Waals surface area contributed by atoms with E-state index >= 15 is 0 Å². The molecule has 0 aliphatic heterocycles. The van der Waals surface area contributed by atoms with Crippen molar-refractivity contribution < 1.29 is 4.79 Å². The van der Waals surface area contributed by atoms with Crippen LogP contribution in [0.25, 0.3) is 0 Å². The Morgan fingerprint density at radius 1 is 1.55 bits per heavy atom. The summed E-state index contributed by atoms with van der Waals surface area (Å²) in [5, 5.41) is 0. The van der Waals surface area contributed by atoms with Crippen LogP contribution in [0.1, 0.15) is 40.0 Å². The normalized spacial score (nSPS) is 11.3. The summed E-state index contributed by atoms with van der Waals surface area (Å²) in [5.74, 6) is 0.320. The maximum atomic E-state index is 10.8. The zero-order valence-electron chi connectivity index (χ0n) is 7.63. The van der Waals surface area contributed by atoms with Gasteiger partial charge in [-0.05, 0) is 26.5 Å². The molecule has 11 heavy (non-hydrogen) atoms. The molecule has 0 bridgehead atoms. The first kappa shape index (κ1) is 10.3. The van der Waals surface area contributed by atoms with Gasteiger partial charge in [0.2, 0.25) is 0 Å². The minimum absolute atomic E-state index is 0.320. The lowest BCUT2D eigenvalue weighted by molar-refractivity contribution is -0.118. The summed E-state index contributed by atoms with van der Waals surface area (Å²) in [5.41, 5.74) is 0. The van der Waals surface area contributed by atoms with E-state index in [1.54, 1.807) is 0 Å². The molecule has 0 atom stereocenters. The molecule has 0 aromatic carbocycles. The maximum absolute atomic E-state index is 10.8. The fourth-order valence-corrected chi connectivity index (χ4v) is 0.688. The summed E-state index contributed by atoms with van der Waals surface area (Å²) in [7, 11) is 0. The molecule has 0 aromatic heterocycles. The first-order valence-electron chi connectivity index (χ1n) is 4.20. The van der Waals surface area contributed by atoms with Crippen LogP contribution in [0.5, 0.6) is 0 Å². The van der Waals surface area contributed by atoms with Gasteiger partial charge in [0.1, 0.15) is 5.78 Å². The topological polar surface area (TPSA) is 29.4 Å². The van der Waals surface area contributed by atoms with Gasteiger partial charge in [0.15, 0.2) is 0 Å². The van der Waals surface area contributed by atoms with Gasteiger partial charge in [-0.2, -0.15) is 0 Å². The Labute approximate surface area is 68.7 Å². The van der Waals surface area contributed by atoms with E-state index in [2.05, 4.69) is 4.99 Å². The van der Waals surface area contributed by atoms with Gasteiger partial charge in [-0.15, -0.1) is 0 Å². The molecule has 0 aromatic rings. The van der Waals surface area contributed by atoms with E-state index in [0.717, 1.165) is 6.42 Å². The molecular formula is C9H17NO. The molecule has 0 unspecified atom stereocenters. The first-order chi connectivity index (χ1) is 5.16. The largest absolute Gasteiger partial charge is 0.300 e. The van der Waals surface area contributed by atoms with E-state index in [1.165, 1.54) is 0 Å². The van der Waals surface area contributed by atoms with Gasteiger partial charge in [-0.3, -0.25) is 9.79 Å². The highest BCUT2D eigenvalue weighted by Gasteiger charge is 1.94. The van der Waals surface area contributed by atoms with Crippen LogP contribution in [0.15, 0.2) is 4.99 Å². The van der Waals surface area contributed by atoms with Crippen LogP contribution in [0.2, 0.25) is 0 Å².